The number of rotatable bonds is 5. The minimum atomic E-state index is -1.17. The molecule has 1 unspecified atom stereocenters. The summed E-state index contributed by atoms with van der Waals surface area (Å²) >= 11 is 0. The van der Waals surface area contributed by atoms with Gasteiger partial charge in [0.25, 0.3) is 0 Å². The van der Waals surface area contributed by atoms with Crippen molar-refractivity contribution < 1.29 is 24.2 Å². The van der Waals surface area contributed by atoms with Crippen molar-refractivity contribution in [2.45, 2.75) is 6.10 Å². The van der Waals surface area contributed by atoms with Crippen molar-refractivity contribution in [3.05, 3.63) is 11.8 Å². The normalized spacial score (nSPS) is 20.5. The van der Waals surface area contributed by atoms with E-state index in [0.717, 1.165) is 6.08 Å². The molecule has 0 aromatic heterocycles. The predicted molar refractivity (Wildman–Crippen MR) is 67.6 cm³/mol. The number of nitrogens with zero attached hydrogens (tertiary/aromatic N) is 2. The van der Waals surface area contributed by atoms with Gasteiger partial charge in [0.1, 0.15) is 5.70 Å². The summed E-state index contributed by atoms with van der Waals surface area (Å²) in [6, 6.07) is 0. The van der Waals surface area contributed by atoms with E-state index in [1.54, 1.807) is 4.90 Å². The highest BCUT2D eigenvalue weighted by molar-refractivity contribution is 5.95. The van der Waals surface area contributed by atoms with Gasteiger partial charge in [-0.1, -0.05) is 0 Å². The van der Waals surface area contributed by atoms with Crippen molar-refractivity contribution in [3.8, 4) is 0 Å². The highest BCUT2D eigenvalue weighted by atomic mass is 16.5. The Kier molecular flexibility index (Phi) is 5.78. The maximum Gasteiger partial charge on any atom is 0.354 e. The second-order valence-electron chi connectivity index (χ2n) is 4.56. The Hall–Kier alpha value is -1.60. The molecule has 0 aromatic rings. The average molecular weight is 272 g/mol. The standard InChI is InChI=1S/C12H20N2O5/c1-13(2)7-9-8-14(4-5-19-9)10(6-11(15)16)12(17)18-3/h6,9H,4-5,7-8H2,1-3H3,(H,15,16)/b10-6-. The first-order chi connectivity index (χ1) is 8.93. The van der Waals surface area contributed by atoms with Crippen LogP contribution in [-0.4, -0.2) is 80.4 Å². The van der Waals surface area contributed by atoms with Crippen LogP contribution in [0.15, 0.2) is 11.8 Å². The van der Waals surface area contributed by atoms with Gasteiger partial charge in [0.2, 0.25) is 0 Å². The molecule has 1 N–H and O–H groups in total. The zero-order valence-electron chi connectivity index (χ0n) is 11.5. The van der Waals surface area contributed by atoms with Crippen molar-refractivity contribution in [2.24, 2.45) is 0 Å². The minimum absolute atomic E-state index is 0.0575. The Morgan fingerprint density at radius 3 is 2.74 bits per heavy atom. The summed E-state index contributed by atoms with van der Waals surface area (Å²) < 4.78 is 10.2. The number of hydrogen-bond donors (Lipinski definition) is 1. The van der Waals surface area contributed by atoms with Gasteiger partial charge in [-0.05, 0) is 14.1 Å². The first-order valence-electron chi connectivity index (χ1n) is 5.98. The molecule has 7 heteroatoms. The molecule has 7 nitrogen and oxygen atoms in total. The van der Waals surface area contributed by atoms with Gasteiger partial charge in [-0.15, -0.1) is 0 Å². The third-order valence-corrected chi connectivity index (χ3v) is 2.70. The molecular weight excluding hydrogens is 252 g/mol. The number of esters is 1. The van der Waals surface area contributed by atoms with E-state index in [1.807, 2.05) is 19.0 Å². The molecule has 0 radical (unpaired) electrons. The lowest BCUT2D eigenvalue weighted by Crippen LogP contribution is -2.47. The van der Waals surface area contributed by atoms with Gasteiger partial charge in [0.05, 0.1) is 25.9 Å². The van der Waals surface area contributed by atoms with Crippen LogP contribution in [0.1, 0.15) is 0 Å². The molecule has 19 heavy (non-hydrogen) atoms. The lowest BCUT2D eigenvalue weighted by atomic mass is 10.2. The molecule has 1 aliphatic rings. The number of carboxylic acid groups (broad SMARTS) is 1. The number of carbonyl (C=O) groups is 2. The molecule has 0 aliphatic carbocycles. The van der Waals surface area contributed by atoms with Crippen LogP contribution in [0.25, 0.3) is 0 Å². The van der Waals surface area contributed by atoms with E-state index in [9.17, 15) is 9.59 Å². The molecule has 1 fully saturated rings. The molecule has 108 valence electrons. The Morgan fingerprint density at radius 2 is 2.21 bits per heavy atom. The lowest BCUT2D eigenvalue weighted by molar-refractivity contribution is -0.140. The summed E-state index contributed by atoms with van der Waals surface area (Å²) in [7, 11) is 5.09. The van der Waals surface area contributed by atoms with Crippen molar-refractivity contribution >= 4 is 11.9 Å². The minimum Gasteiger partial charge on any atom is -0.478 e. The van der Waals surface area contributed by atoms with Gasteiger partial charge in [-0.2, -0.15) is 0 Å². The molecule has 1 rings (SSSR count). The molecular formula is C12H20N2O5. The van der Waals surface area contributed by atoms with Crippen LogP contribution in [0.4, 0.5) is 0 Å². The summed E-state index contributed by atoms with van der Waals surface area (Å²) in [5, 5.41) is 8.82. The molecule has 0 spiro atoms. The molecule has 0 amide bonds. The van der Waals surface area contributed by atoms with Crippen molar-refractivity contribution in [2.75, 3.05) is 47.4 Å². The smallest absolute Gasteiger partial charge is 0.354 e. The number of likely N-dealkylation sites (N-methyl/N-ethyl adjacent to an activating group) is 1. The van der Waals surface area contributed by atoms with Crippen LogP contribution < -0.4 is 0 Å². The van der Waals surface area contributed by atoms with E-state index in [0.29, 0.717) is 26.2 Å². The van der Waals surface area contributed by atoms with Crippen LogP contribution in [0, 0.1) is 0 Å². The van der Waals surface area contributed by atoms with Crippen LogP contribution in [0.3, 0.4) is 0 Å². The molecule has 1 atom stereocenters. The molecule has 1 aliphatic heterocycles. The topological polar surface area (TPSA) is 79.3 Å². The first-order valence-corrected chi connectivity index (χ1v) is 5.98. The fourth-order valence-electron chi connectivity index (χ4n) is 1.96. The molecule has 0 bridgehead atoms. The first kappa shape index (κ1) is 15.5. The Labute approximate surface area is 112 Å². The van der Waals surface area contributed by atoms with E-state index in [4.69, 9.17) is 9.84 Å². The summed E-state index contributed by atoms with van der Waals surface area (Å²) in [5.74, 6) is -1.82. The fraction of sp³-hybridized carbons (Fsp3) is 0.667. The van der Waals surface area contributed by atoms with Gasteiger partial charge in [0, 0.05) is 19.6 Å². The SMILES string of the molecule is COC(=O)/C(=C/C(=O)O)N1CCOC(CN(C)C)C1. The number of methoxy groups -OCH3 is 1. The molecule has 1 heterocycles. The van der Waals surface area contributed by atoms with Crippen molar-refractivity contribution in [3.63, 3.8) is 0 Å². The third-order valence-electron chi connectivity index (χ3n) is 2.70. The Bertz CT molecular complexity index is 367. The number of aliphatic carboxylic acids is 1. The zero-order chi connectivity index (χ0) is 14.4. The molecule has 0 aromatic carbocycles. The average Bonchev–Trinajstić information content (AvgIpc) is 2.34. The van der Waals surface area contributed by atoms with Gasteiger partial charge < -0.3 is 24.4 Å². The van der Waals surface area contributed by atoms with E-state index >= 15 is 0 Å². The van der Waals surface area contributed by atoms with Crippen LogP contribution in [-0.2, 0) is 19.1 Å². The summed E-state index contributed by atoms with van der Waals surface area (Å²) in [4.78, 5) is 26.1. The number of carboxylic acids is 1. The summed E-state index contributed by atoms with van der Waals surface area (Å²) in [6.45, 7) is 2.09. The van der Waals surface area contributed by atoms with Crippen molar-refractivity contribution in [1.29, 1.82) is 0 Å². The third kappa shape index (κ3) is 4.88. The lowest BCUT2D eigenvalue weighted by Gasteiger charge is -2.35. The quantitative estimate of drug-likeness (QED) is 0.528. The molecule has 1 saturated heterocycles. The highest BCUT2D eigenvalue weighted by Crippen LogP contribution is 2.13. The van der Waals surface area contributed by atoms with Crippen LogP contribution in [0.2, 0.25) is 0 Å². The largest absolute Gasteiger partial charge is 0.478 e. The van der Waals surface area contributed by atoms with E-state index < -0.39 is 11.9 Å². The summed E-state index contributed by atoms with van der Waals surface area (Å²) in [5.41, 5.74) is 0.0575. The number of carbonyl (C=O) groups excluding carboxylic acids is 1. The van der Waals surface area contributed by atoms with Gasteiger partial charge in [0.15, 0.2) is 0 Å². The second-order valence-corrected chi connectivity index (χ2v) is 4.56. The van der Waals surface area contributed by atoms with Crippen LogP contribution >= 0.6 is 0 Å². The van der Waals surface area contributed by atoms with E-state index in [1.165, 1.54) is 7.11 Å². The van der Waals surface area contributed by atoms with Gasteiger partial charge in [-0.25, -0.2) is 9.59 Å². The maximum absolute atomic E-state index is 11.6. The second kappa shape index (κ2) is 7.10. The Balaban J connectivity index is 2.79. The fourth-order valence-corrected chi connectivity index (χ4v) is 1.96. The van der Waals surface area contributed by atoms with E-state index in [-0.39, 0.29) is 11.8 Å². The van der Waals surface area contributed by atoms with E-state index in [2.05, 4.69) is 4.74 Å². The highest BCUT2D eigenvalue weighted by Gasteiger charge is 2.26. The number of ether oxygens (including phenoxy) is 2. The van der Waals surface area contributed by atoms with Gasteiger partial charge >= 0.3 is 11.9 Å². The van der Waals surface area contributed by atoms with Crippen LogP contribution in [0.5, 0.6) is 0 Å². The summed E-state index contributed by atoms with van der Waals surface area (Å²) in [6.07, 6.45) is 0.815. The predicted octanol–water partition coefficient (Wildman–Crippen LogP) is -0.610. The van der Waals surface area contributed by atoms with Crippen molar-refractivity contribution in [1.82, 2.24) is 9.80 Å². The monoisotopic (exact) mass is 272 g/mol. The number of morpholine rings is 1. The zero-order valence-corrected chi connectivity index (χ0v) is 11.5. The molecule has 0 saturated carbocycles. The Morgan fingerprint density at radius 1 is 1.53 bits per heavy atom. The van der Waals surface area contributed by atoms with Gasteiger partial charge in [-0.3, -0.25) is 0 Å². The number of hydrogen-bond acceptors (Lipinski definition) is 6. The maximum atomic E-state index is 11.6.